The van der Waals surface area contributed by atoms with Crippen LogP contribution in [0.25, 0.3) is 0 Å². The molecule has 1 atom stereocenters. The summed E-state index contributed by atoms with van der Waals surface area (Å²) in [5, 5.41) is 4.25. The van der Waals surface area contributed by atoms with Gasteiger partial charge in [-0.2, -0.15) is 0 Å². The predicted octanol–water partition coefficient (Wildman–Crippen LogP) is 4.19. The second-order valence-corrected chi connectivity index (χ2v) is 5.44. The molecule has 0 radical (unpaired) electrons. The Morgan fingerprint density at radius 2 is 2.22 bits per heavy atom. The number of benzene rings is 1. The summed E-state index contributed by atoms with van der Waals surface area (Å²) >= 11 is 6.08. The summed E-state index contributed by atoms with van der Waals surface area (Å²) in [7, 11) is 1.67. The van der Waals surface area contributed by atoms with Crippen molar-refractivity contribution in [3.05, 3.63) is 28.8 Å². The highest BCUT2D eigenvalue weighted by atomic mass is 35.5. The van der Waals surface area contributed by atoms with E-state index in [-0.39, 0.29) is 0 Å². The fourth-order valence-corrected chi connectivity index (χ4v) is 2.73. The lowest BCUT2D eigenvalue weighted by Gasteiger charge is -2.30. The van der Waals surface area contributed by atoms with Gasteiger partial charge >= 0.3 is 0 Å². The van der Waals surface area contributed by atoms with E-state index < -0.39 is 0 Å². The zero-order chi connectivity index (χ0) is 13.0. The number of rotatable bonds is 6. The first kappa shape index (κ1) is 13.7. The Morgan fingerprint density at radius 1 is 1.44 bits per heavy atom. The van der Waals surface area contributed by atoms with Gasteiger partial charge < -0.3 is 10.1 Å². The maximum Gasteiger partial charge on any atom is 0.137 e. The standard InChI is InChI=1S/C15H22ClNO/c1-3-17-14(9-11-5-4-6-11)12-7-8-13(16)15(10-12)18-2/h7-8,10-11,14,17H,3-6,9H2,1-2H3. The van der Waals surface area contributed by atoms with Crippen LogP contribution in [0.2, 0.25) is 5.02 Å². The van der Waals surface area contributed by atoms with Crippen molar-refractivity contribution in [1.82, 2.24) is 5.32 Å². The van der Waals surface area contributed by atoms with Crippen LogP contribution in [0.15, 0.2) is 18.2 Å². The molecule has 1 aliphatic rings. The molecule has 0 saturated heterocycles. The zero-order valence-electron chi connectivity index (χ0n) is 11.2. The van der Waals surface area contributed by atoms with Gasteiger partial charge in [-0.1, -0.05) is 43.9 Å². The van der Waals surface area contributed by atoms with Gasteiger partial charge in [-0.25, -0.2) is 0 Å². The molecule has 18 heavy (non-hydrogen) atoms. The maximum atomic E-state index is 6.08. The van der Waals surface area contributed by atoms with Gasteiger partial charge in [-0.05, 0) is 36.6 Å². The Labute approximate surface area is 115 Å². The van der Waals surface area contributed by atoms with Crippen molar-refractivity contribution in [2.24, 2.45) is 5.92 Å². The van der Waals surface area contributed by atoms with Crippen LogP contribution in [-0.4, -0.2) is 13.7 Å². The molecule has 1 aliphatic carbocycles. The van der Waals surface area contributed by atoms with Gasteiger partial charge in [0.2, 0.25) is 0 Å². The lowest BCUT2D eigenvalue weighted by Crippen LogP contribution is -2.25. The Bertz CT molecular complexity index is 390. The van der Waals surface area contributed by atoms with E-state index in [0.29, 0.717) is 11.1 Å². The highest BCUT2D eigenvalue weighted by Crippen LogP contribution is 2.36. The van der Waals surface area contributed by atoms with E-state index >= 15 is 0 Å². The fraction of sp³-hybridized carbons (Fsp3) is 0.600. The lowest BCUT2D eigenvalue weighted by molar-refractivity contribution is 0.262. The molecule has 1 N–H and O–H groups in total. The molecule has 2 nitrogen and oxygen atoms in total. The number of hydrogen-bond acceptors (Lipinski definition) is 2. The lowest BCUT2D eigenvalue weighted by atomic mass is 9.79. The van der Waals surface area contributed by atoms with Crippen LogP contribution in [0.3, 0.4) is 0 Å². The smallest absolute Gasteiger partial charge is 0.137 e. The maximum absolute atomic E-state index is 6.08. The largest absolute Gasteiger partial charge is 0.495 e. The van der Waals surface area contributed by atoms with Crippen molar-refractivity contribution in [2.75, 3.05) is 13.7 Å². The van der Waals surface area contributed by atoms with Crippen LogP contribution in [0.1, 0.15) is 44.2 Å². The van der Waals surface area contributed by atoms with Crippen LogP contribution in [-0.2, 0) is 0 Å². The molecule has 0 aliphatic heterocycles. The van der Waals surface area contributed by atoms with Crippen molar-refractivity contribution >= 4 is 11.6 Å². The third kappa shape index (κ3) is 3.18. The number of hydrogen-bond donors (Lipinski definition) is 1. The monoisotopic (exact) mass is 267 g/mol. The molecule has 1 unspecified atom stereocenters. The minimum Gasteiger partial charge on any atom is -0.495 e. The molecular weight excluding hydrogens is 246 g/mol. The van der Waals surface area contributed by atoms with Gasteiger partial charge in [-0.15, -0.1) is 0 Å². The summed E-state index contributed by atoms with van der Waals surface area (Å²) in [4.78, 5) is 0. The molecular formula is C15H22ClNO. The third-order valence-electron chi connectivity index (χ3n) is 3.82. The summed E-state index contributed by atoms with van der Waals surface area (Å²) in [6.45, 7) is 3.14. The second kappa shape index (κ2) is 6.44. The highest BCUT2D eigenvalue weighted by molar-refractivity contribution is 6.32. The Hall–Kier alpha value is -0.730. The van der Waals surface area contributed by atoms with Crippen molar-refractivity contribution in [3.63, 3.8) is 0 Å². The summed E-state index contributed by atoms with van der Waals surface area (Å²) in [6, 6.07) is 6.53. The van der Waals surface area contributed by atoms with E-state index in [9.17, 15) is 0 Å². The molecule has 1 aromatic rings. The van der Waals surface area contributed by atoms with Gasteiger partial charge in [0.25, 0.3) is 0 Å². The number of ether oxygens (including phenoxy) is 1. The van der Waals surface area contributed by atoms with E-state index in [1.54, 1.807) is 7.11 Å². The normalized spacial score (nSPS) is 17.3. The SMILES string of the molecule is CCNC(CC1CCC1)c1ccc(Cl)c(OC)c1. The summed E-state index contributed by atoms with van der Waals surface area (Å²) in [5.74, 6) is 1.65. The van der Waals surface area contributed by atoms with Gasteiger partial charge in [-0.3, -0.25) is 0 Å². The quantitative estimate of drug-likeness (QED) is 0.834. The highest BCUT2D eigenvalue weighted by Gasteiger charge is 2.23. The Kier molecular flexibility index (Phi) is 4.90. The van der Waals surface area contributed by atoms with Crippen LogP contribution in [0, 0.1) is 5.92 Å². The summed E-state index contributed by atoms with van der Waals surface area (Å²) in [5.41, 5.74) is 1.28. The topological polar surface area (TPSA) is 21.3 Å². The third-order valence-corrected chi connectivity index (χ3v) is 4.13. The fourth-order valence-electron chi connectivity index (χ4n) is 2.54. The minimum absolute atomic E-state index is 0.423. The zero-order valence-corrected chi connectivity index (χ0v) is 12.0. The molecule has 1 saturated carbocycles. The molecule has 0 spiro atoms. The minimum atomic E-state index is 0.423. The molecule has 0 heterocycles. The van der Waals surface area contributed by atoms with E-state index in [1.165, 1.54) is 31.2 Å². The first-order valence-corrected chi connectivity index (χ1v) is 7.19. The van der Waals surface area contributed by atoms with Gasteiger partial charge in [0, 0.05) is 6.04 Å². The van der Waals surface area contributed by atoms with Crippen molar-refractivity contribution in [2.45, 2.75) is 38.6 Å². The summed E-state index contributed by atoms with van der Waals surface area (Å²) in [6.07, 6.45) is 5.38. The van der Waals surface area contributed by atoms with E-state index in [2.05, 4.69) is 24.4 Å². The van der Waals surface area contributed by atoms with E-state index in [0.717, 1.165) is 18.2 Å². The van der Waals surface area contributed by atoms with Crippen molar-refractivity contribution in [1.29, 1.82) is 0 Å². The molecule has 0 aromatic heterocycles. The molecule has 100 valence electrons. The second-order valence-electron chi connectivity index (χ2n) is 5.04. The van der Waals surface area contributed by atoms with Gasteiger partial charge in [0.15, 0.2) is 0 Å². The number of halogens is 1. The number of nitrogens with one attached hydrogen (secondary N) is 1. The Balaban J connectivity index is 2.12. The molecule has 2 rings (SSSR count). The van der Waals surface area contributed by atoms with Crippen molar-refractivity contribution in [3.8, 4) is 5.75 Å². The molecule has 0 bridgehead atoms. The first-order valence-electron chi connectivity index (χ1n) is 6.81. The van der Waals surface area contributed by atoms with E-state index in [4.69, 9.17) is 16.3 Å². The first-order chi connectivity index (χ1) is 8.74. The van der Waals surface area contributed by atoms with Crippen LogP contribution in [0.4, 0.5) is 0 Å². The Morgan fingerprint density at radius 3 is 2.78 bits per heavy atom. The van der Waals surface area contributed by atoms with Gasteiger partial charge in [0.1, 0.15) is 5.75 Å². The average Bonchev–Trinajstić information content (AvgIpc) is 2.33. The molecule has 1 fully saturated rings. The molecule has 3 heteroatoms. The van der Waals surface area contributed by atoms with Crippen molar-refractivity contribution < 1.29 is 4.74 Å². The molecule has 1 aromatic carbocycles. The van der Waals surface area contributed by atoms with Crippen LogP contribution < -0.4 is 10.1 Å². The predicted molar refractivity (Wildman–Crippen MR) is 76.4 cm³/mol. The van der Waals surface area contributed by atoms with Crippen LogP contribution in [0.5, 0.6) is 5.75 Å². The van der Waals surface area contributed by atoms with Gasteiger partial charge in [0.05, 0.1) is 12.1 Å². The molecule has 0 amide bonds. The van der Waals surface area contributed by atoms with E-state index in [1.807, 2.05) is 6.07 Å². The summed E-state index contributed by atoms with van der Waals surface area (Å²) < 4.78 is 5.30. The average molecular weight is 268 g/mol. The van der Waals surface area contributed by atoms with Crippen LogP contribution >= 0.6 is 11.6 Å². The number of methoxy groups -OCH3 is 1.